The van der Waals surface area contributed by atoms with Crippen LogP contribution in [0.15, 0.2) is 0 Å². The summed E-state index contributed by atoms with van der Waals surface area (Å²) in [5, 5.41) is 17.5. The van der Waals surface area contributed by atoms with Crippen molar-refractivity contribution in [2.24, 2.45) is 0 Å². The quantitative estimate of drug-likeness (QED) is 0.0611. The van der Waals surface area contributed by atoms with E-state index in [2.05, 4.69) is 13.8 Å². The number of hydrogen-bond acceptors (Lipinski definition) is 2. The van der Waals surface area contributed by atoms with Crippen LogP contribution in [0.1, 0.15) is 309 Å². The highest BCUT2D eigenvalue weighted by Gasteiger charge is 1.98. The minimum absolute atomic E-state index is 0.374. The molecular formula is C50H104O2. The van der Waals surface area contributed by atoms with Crippen molar-refractivity contribution >= 4 is 0 Å². The normalized spacial score (nSPS) is 11.3. The second-order valence-electron chi connectivity index (χ2n) is 17.0. The molecule has 316 valence electrons. The zero-order valence-electron chi connectivity index (χ0n) is 36.8. The van der Waals surface area contributed by atoms with Crippen LogP contribution in [0.4, 0.5) is 0 Å². The lowest BCUT2D eigenvalue weighted by Crippen LogP contribution is -1.85. The molecule has 0 heterocycles. The lowest BCUT2D eigenvalue weighted by atomic mass is 10.0. The first-order valence-corrected chi connectivity index (χ1v) is 25.0. The Bertz CT molecular complexity index is 502. The molecule has 0 rings (SSSR count). The second kappa shape index (κ2) is 55.3. The van der Waals surface area contributed by atoms with Gasteiger partial charge in [-0.25, -0.2) is 0 Å². The van der Waals surface area contributed by atoms with Gasteiger partial charge in [-0.15, -0.1) is 0 Å². The third kappa shape index (κ3) is 56.7. The average molecular weight is 737 g/mol. The molecule has 52 heavy (non-hydrogen) atoms. The van der Waals surface area contributed by atoms with Crippen LogP contribution in [0.25, 0.3) is 0 Å². The van der Waals surface area contributed by atoms with Crippen molar-refractivity contribution in [2.75, 3.05) is 13.2 Å². The second-order valence-corrected chi connectivity index (χ2v) is 17.0. The van der Waals surface area contributed by atoms with Crippen LogP contribution in [-0.2, 0) is 0 Å². The molecule has 2 heteroatoms. The smallest absolute Gasteiger partial charge is 0.0431 e. The molecular weight excluding hydrogens is 633 g/mol. The van der Waals surface area contributed by atoms with Crippen molar-refractivity contribution < 1.29 is 10.2 Å². The van der Waals surface area contributed by atoms with Crippen molar-refractivity contribution in [3.05, 3.63) is 0 Å². The lowest BCUT2D eigenvalue weighted by molar-refractivity contribution is 0.282. The molecule has 0 atom stereocenters. The topological polar surface area (TPSA) is 40.5 Å². The highest BCUT2D eigenvalue weighted by Crippen LogP contribution is 2.17. The van der Waals surface area contributed by atoms with Gasteiger partial charge < -0.3 is 10.2 Å². The van der Waals surface area contributed by atoms with Gasteiger partial charge in [0.1, 0.15) is 0 Å². The molecule has 0 fully saturated rings. The van der Waals surface area contributed by atoms with Crippen LogP contribution in [0.3, 0.4) is 0 Å². The molecule has 0 aromatic carbocycles. The number of hydrogen-bond donors (Lipinski definition) is 2. The number of aliphatic hydroxyl groups excluding tert-OH is 2. The third-order valence-electron chi connectivity index (χ3n) is 11.5. The molecule has 0 aliphatic rings. The number of rotatable bonds is 46. The van der Waals surface area contributed by atoms with Gasteiger partial charge in [0.05, 0.1) is 0 Å². The van der Waals surface area contributed by atoms with E-state index in [1.165, 1.54) is 283 Å². The highest BCUT2D eigenvalue weighted by atomic mass is 16.3. The molecule has 0 aromatic rings. The summed E-state index contributed by atoms with van der Waals surface area (Å²) >= 11 is 0. The first-order chi connectivity index (χ1) is 25.8. The maximum absolute atomic E-state index is 8.74. The summed E-state index contributed by atoms with van der Waals surface area (Å²) in [4.78, 5) is 0. The molecule has 0 aliphatic heterocycles. The summed E-state index contributed by atoms with van der Waals surface area (Å²) in [6.07, 6.45) is 65.2. The van der Waals surface area contributed by atoms with Crippen LogP contribution < -0.4 is 0 Å². The Kier molecular flexibility index (Phi) is 57.4. The van der Waals surface area contributed by atoms with Crippen molar-refractivity contribution in [3.8, 4) is 0 Å². The minimum Gasteiger partial charge on any atom is -0.396 e. The first-order valence-electron chi connectivity index (χ1n) is 25.0. The standard InChI is InChI=1S/C26H54O.C24H50O/c1-2-3-4-5-6-7-8-9-10-11-12-13-14-15-16-17-18-19-20-21-22-23-24-25-26-27;1-2-3-4-5-6-7-8-9-10-11-12-13-14-15-16-17-18-19-20-21-22-23-24-25/h27H,2-26H2,1H3;25H,2-24H2,1H3. The predicted octanol–water partition coefficient (Wildman–Crippen LogP) is 17.9. The van der Waals surface area contributed by atoms with Crippen LogP contribution in [0, 0.1) is 0 Å². The van der Waals surface area contributed by atoms with Crippen LogP contribution in [0.2, 0.25) is 0 Å². The fraction of sp³-hybridized carbons (Fsp3) is 1.00. The maximum atomic E-state index is 8.74. The first kappa shape index (κ1) is 54.0. The van der Waals surface area contributed by atoms with Gasteiger partial charge in [0, 0.05) is 13.2 Å². The van der Waals surface area contributed by atoms with E-state index in [4.69, 9.17) is 10.2 Å². The molecule has 0 bridgehead atoms. The van der Waals surface area contributed by atoms with Gasteiger partial charge in [-0.3, -0.25) is 0 Å². The molecule has 0 aromatic heterocycles. The molecule has 0 amide bonds. The molecule has 0 spiro atoms. The molecule has 0 saturated heterocycles. The van der Waals surface area contributed by atoms with Gasteiger partial charge in [-0.2, -0.15) is 0 Å². The van der Waals surface area contributed by atoms with Crippen molar-refractivity contribution in [3.63, 3.8) is 0 Å². The van der Waals surface area contributed by atoms with E-state index in [1.54, 1.807) is 0 Å². The van der Waals surface area contributed by atoms with Gasteiger partial charge in [0.2, 0.25) is 0 Å². The Morgan fingerprint density at radius 1 is 0.154 bits per heavy atom. The van der Waals surface area contributed by atoms with Gasteiger partial charge in [0.25, 0.3) is 0 Å². The molecule has 0 radical (unpaired) electrons. The van der Waals surface area contributed by atoms with E-state index >= 15 is 0 Å². The van der Waals surface area contributed by atoms with E-state index in [9.17, 15) is 0 Å². The molecule has 0 unspecified atom stereocenters. The fourth-order valence-electron chi connectivity index (χ4n) is 7.79. The summed E-state index contributed by atoms with van der Waals surface area (Å²) in [5.41, 5.74) is 0. The summed E-state index contributed by atoms with van der Waals surface area (Å²) in [6.45, 7) is 5.34. The summed E-state index contributed by atoms with van der Waals surface area (Å²) in [5.74, 6) is 0. The SMILES string of the molecule is CCCCCCCCCCCCCCCCCCCCCCCCCCO.CCCCCCCCCCCCCCCCCCCCCCCCO. The number of unbranched alkanes of at least 4 members (excludes halogenated alkanes) is 44. The molecule has 2 N–H and O–H groups in total. The van der Waals surface area contributed by atoms with Crippen molar-refractivity contribution in [1.29, 1.82) is 0 Å². The van der Waals surface area contributed by atoms with E-state index in [-0.39, 0.29) is 0 Å². The zero-order chi connectivity index (χ0) is 37.9. The van der Waals surface area contributed by atoms with Crippen molar-refractivity contribution in [1.82, 2.24) is 0 Å². The Morgan fingerprint density at radius 3 is 0.346 bits per heavy atom. The van der Waals surface area contributed by atoms with Crippen LogP contribution >= 0.6 is 0 Å². The Labute approximate surface area is 331 Å². The highest BCUT2D eigenvalue weighted by molar-refractivity contribution is 4.53. The van der Waals surface area contributed by atoms with E-state index < -0.39 is 0 Å². The molecule has 0 saturated carbocycles. The molecule has 0 aliphatic carbocycles. The predicted molar refractivity (Wildman–Crippen MR) is 238 cm³/mol. The summed E-state index contributed by atoms with van der Waals surface area (Å²) in [7, 11) is 0. The fourth-order valence-corrected chi connectivity index (χ4v) is 7.79. The van der Waals surface area contributed by atoms with Crippen molar-refractivity contribution in [2.45, 2.75) is 309 Å². The van der Waals surface area contributed by atoms with Crippen LogP contribution in [-0.4, -0.2) is 23.4 Å². The largest absolute Gasteiger partial charge is 0.396 e. The zero-order valence-corrected chi connectivity index (χ0v) is 36.8. The third-order valence-corrected chi connectivity index (χ3v) is 11.5. The van der Waals surface area contributed by atoms with Gasteiger partial charge >= 0.3 is 0 Å². The minimum atomic E-state index is 0.374. The average Bonchev–Trinajstić information content (AvgIpc) is 3.16. The maximum Gasteiger partial charge on any atom is 0.0431 e. The summed E-state index contributed by atoms with van der Waals surface area (Å²) < 4.78 is 0. The Morgan fingerprint density at radius 2 is 0.250 bits per heavy atom. The lowest BCUT2D eigenvalue weighted by Gasteiger charge is -2.04. The monoisotopic (exact) mass is 737 g/mol. The summed E-state index contributed by atoms with van der Waals surface area (Å²) in [6, 6.07) is 0. The molecule has 2 nitrogen and oxygen atoms in total. The van der Waals surface area contributed by atoms with Gasteiger partial charge in [-0.05, 0) is 12.8 Å². The van der Waals surface area contributed by atoms with Crippen LogP contribution in [0.5, 0.6) is 0 Å². The van der Waals surface area contributed by atoms with E-state index in [1.807, 2.05) is 0 Å². The van der Waals surface area contributed by atoms with E-state index in [0.717, 1.165) is 12.8 Å². The Hall–Kier alpha value is -0.0800. The van der Waals surface area contributed by atoms with Gasteiger partial charge in [-0.1, -0.05) is 296 Å². The Balaban J connectivity index is 0. The van der Waals surface area contributed by atoms with E-state index in [0.29, 0.717) is 13.2 Å². The number of aliphatic hydroxyl groups is 2. The van der Waals surface area contributed by atoms with Gasteiger partial charge in [0.15, 0.2) is 0 Å².